The summed E-state index contributed by atoms with van der Waals surface area (Å²) in [7, 11) is -0.580. The van der Waals surface area contributed by atoms with Crippen LogP contribution >= 0.6 is 11.8 Å². The molecule has 0 aromatic heterocycles. The molecular weight excluding hydrogens is 368 g/mol. The molecule has 1 N–H and O–H groups in total. The number of aryl methyl sites for hydroxylation is 3. The third kappa shape index (κ3) is 4.87. The zero-order valence-electron chi connectivity index (χ0n) is 15.7. The number of amides is 1. The highest BCUT2D eigenvalue weighted by Gasteiger charge is 2.18. The molecule has 2 rings (SSSR count). The van der Waals surface area contributed by atoms with E-state index in [1.807, 2.05) is 32.9 Å². The molecule has 0 aliphatic rings. The van der Waals surface area contributed by atoms with Crippen LogP contribution in [0.3, 0.4) is 0 Å². The number of thioether (sulfide) groups is 1. The SMILES string of the molecule is Cc1ccc(SCC(=O)Nc2cc(S(=O)(=O)N(C)C)ccc2C)cc1C. The number of carbonyl (C=O) groups excluding carboxylic acids is 1. The highest BCUT2D eigenvalue weighted by atomic mass is 32.2. The van der Waals surface area contributed by atoms with Gasteiger partial charge in [-0.15, -0.1) is 11.8 Å². The van der Waals surface area contributed by atoms with Gasteiger partial charge in [0, 0.05) is 24.7 Å². The van der Waals surface area contributed by atoms with Crippen molar-refractivity contribution in [1.82, 2.24) is 4.31 Å². The predicted octanol–water partition coefficient (Wildman–Crippen LogP) is 3.59. The van der Waals surface area contributed by atoms with Crippen molar-refractivity contribution >= 4 is 33.4 Å². The molecule has 0 bridgehead atoms. The minimum atomic E-state index is -3.54. The molecule has 26 heavy (non-hydrogen) atoms. The van der Waals surface area contributed by atoms with Crippen LogP contribution < -0.4 is 5.32 Å². The Hall–Kier alpha value is -1.83. The van der Waals surface area contributed by atoms with Gasteiger partial charge in [-0.3, -0.25) is 4.79 Å². The second-order valence-corrected chi connectivity index (χ2v) is 9.55. The van der Waals surface area contributed by atoms with Crippen LogP contribution in [0.4, 0.5) is 5.69 Å². The van der Waals surface area contributed by atoms with Crippen LogP contribution in [0.1, 0.15) is 16.7 Å². The summed E-state index contributed by atoms with van der Waals surface area (Å²) in [5, 5.41) is 2.82. The second-order valence-electron chi connectivity index (χ2n) is 6.35. The lowest BCUT2D eigenvalue weighted by atomic mass is 10.1. The minimum absolute atomic E-state index is 0.158. The molecule has 0 atom stereocenters. The van der Waals surface area contributed by atoms with Gasteiger partial charge in [0.15, 0.2) is 0 Å². The average Bonchev–Trinajstić information content (AvgIpc) is 2.57. The number of benzene rings is 2. The maximum absolute atomic E-state index is 12.3. The smallest absolute Gasteiger partial charge is 0.242 e. The summed E-state index contributed by atoms with van der Waals surface area (Å²) in [6.07, 6.45) is 0. The fraction of sp³-hybridized carbons (Fsp3) is 0.316. The summed E-state index contributed by atoms with van der Waals surface area (Å²) in [5.41, 5.74) is 3.73. The Kier molecular flexibility index (Phi) is 6.49. The van der Waals surface area contributed by atoms with Crippen molar-refractivity contribution in [2.45, 2.75) is 30.6 Å². The first kappa shape index (κ1) is 20.5. The van der Waals surface area contributed by atoms with Gasteiger partial charge in [-0.25, -0.2) is 12.7 Å². The summed E-state index contributed by atoms with van der Waals surface area (Å²) >= 11 is 1.45. The van der Waals surface area contributed by atoms with Crippen LogP contribution in [-0.4, -0.2) is 38.5 Å². The lowest BCUT2D eigenvalue weighted by molar-refractivity contribution is -0.113. The molecule has 0 heterocycles. The van der Waals surface area contributed by atoms with E-state index >= 15 is 0 Å². The Morgan fingerprint density at radius 2 is 1.65 bits per heavy atom. The summed E-state index contributed by atoms with van der Waals surface area (Å²) in [6, 6.07) is 10.8. The van der Waals surface area contributed by atoms with Crippen molar-refractivity contribution in [2.75, 3.05) is 25.2 Å². The van der Waals surface area contributed by atoms with E-state index in [2.05, 4.69) is 11.4 Å². The van der Waals surface area contributed by atoms with Gasteiger partial charge in [0.05, 0.1) is 10.6 Å². The van der Waals surface area contributed by atoms with Gasteiger partial charge in [-0.05, 0) is 61.7 Å². The fourth-order valence-electron chi connectivity index (χ4n) is 2.25. The third-order valence-corrected chi connectivity index (χ3v) is 6.91. The number of carbonyl (C=O) groups is 1. The second kappa shape index (κ2) is 8.24. The maximum atomic E-state index is 12.3. The van der Waals surface area contributed by atoms with Crippen molar-refractivity contribution in [3.8, 4) is 0 Å². The van der Waals surface area contributed by atoms with Crippen LogP contribution in [0.5, 0.6) is 0 Å². The standard InChI is InChI=1S/C19H24N2O3S2/c1-13-6-8-16(10-15(13)3)25-12-19(22)20-18-11-17(9-7-14(18)2)26(23,24)21(4)5/h6-11H,12H2,1-5H3,(H,20,22). The monoisotopic (exact) mass is 392 g/mol. The molecule has 0 radical (unpaired) electrons. The van der Waals surface area contributed by atoms with Crippen LogP contribution in [0.2, 0.25) is 0 Å². The first-order chi connectivity index (χ1) is 12.1. The summed E-state index contributed by atoms with van der Waals surface area (Å²) in [5.74, 6) is 0.0859. The normalized spacial score (nSPS) is 11.6. The molecule has 2 aromatic rings. The van der Waals surface area contributed by atoms with E-state index in [0.717, 1.165) is 14.8 Å². The molecule has 0 saturated heterocycles. The number of hydrogen-bond acceptors (Lipinski definition) is 4. The van der Waals surface area contributed by atoms with Crippen LogP contribution in [-0.2, 0) is 14.8 Å². The molecule has 0 fully saturated rings. The number of nitrogens with one attached hydrogen (secondary N) is 1. The summed E-state index contributed by atoms with van der Waals surface area (Å²) < 4.78 is 25.7. The Morgan fingerprint density at radius 1 is 1.00 bits per heavy atom. The van der Waals surface area contributed by atoms with Crippen LogP contribution in [0.15, 0.2) is 46.2 Å². The van der Waals surface area contributed by atoms with E-state index < -0.39 is 10.0 Å². The van der Waals surface area contributed by atoms with Gasteiger partial charge >= 0.3 is 0 Å². The number of nitrogens with zero attached hydrogens (tertiary/aromatic N) is 1. The van der Waals surface area contributed by atoms with E-state index in [1.54, 1.807) is 12.1 Å². The topological polar surface area (TPSA) is 66.5 Å². The lowest BCUT2D eigenvalue weighted by Crippen LogP contribution is -2.22. The van der Waals surface area contributed by atoms with E-state index in [9.17, 15) is 13.2 Å². The maximum Gasteiger partial charge on any atom is 0.242 e. The molecule has 1 amide bonds. The van der Waals surface area contributed by atoms with Crippen LogP contribution in [0.25, 0.3) is 0 Å². The number of sulfonamides is 1. The molecule has 2 aromatic carbocycles. The average molecular weight is 393 g/mol. The molecule has 0 unspecified atom stereocenters. The Labute approximate surface area is 159 Å². The largest absolute Gasteiger partial charge is 0.325 e. The van der Waals surface area contributed by atoms with E-state index in [0.29, 0.717) is 5.69 Å². The van der Waals surface area contributed by atoms with E-state index in [-0.39, 0.29) is 16.6 Å². The van der Waals surface area contributed by atoms with Crippen molar-refractivity contribution in [3.63, 3.8) is 0 Å². The van der Waals surface area contributed by atoms with Gasteiger partial charge in [-0.1, -0.05) is 12.1 Å². The lowest BCUT2D eigenvalue weighted by Gasteiger charge is -2.14. The number of hydrogen-bond donors (Lipinski definition) is 1. The van der Waals surface area contributed by atoms with Crippen molar-refractivity contribution in [3.05, 3.63) is 53.1 Å². The fourth-order valence-corrected chi connectivity index (χ4v) is 3.97. The highest BCUT2D eigenvalue weighted by Crippen LogP contribution is 2.24. The first-order valence-corrected chi connectivity index (χ1v) is 10.6. The van der Waals surface area contributed by atoms with Crippen molar-refractivity contribution in [1.29, 1.82) is 0 Å². The van der Waals surface area contributed by atoms with E-state index in [4.69, 9.17) is 0 Å². The molecule has 7 heteroatoms. The Bertz CT molecular complexity index is 922. The number of anilines is 1. The first-order valence-electron chi connectivity index (χ1n) is 8.14. The molecule has 0 aliphatic carbocycles. The minimum Gasteiger partial charge on any atom is -0.325 e. The Morgan fingerprint density at radius 3 is 2.27 bits per heavy atom. The van der Waals surface area contributed by atoms with Gasteiger partial charge in [0.1, 0.15) is 0 Å². The van der Waals surface area contributed by atoms with Crippen molar-refractivity contribution in [2.24, 2.45) is 0 Å². The van der Waals surface area contributed by atoms with E-state index in [1.165, 1.54) is 43.1 Å². The summed E-state index contributed by atoms with van der Waals surface area (Å²) in [6.45, 7) is 5.92. The molecule has 0 aliphatic heterocycles. The van der Waals surface area contributed by atoms with Gasteiger partial charge < -0.3 is 5.32 Å². The highest BCUT2D eigenvalue weighted by molar-refractivity contribution is 8.00. The summed E-state index contributed by atoms with van der Waals surface area (Å²) in [4.78, 5) is 13.5. The number of rotatable bonds is 6. The van der Waals surface area contributed by atoms with Gasteiger partial charge in [0.2, 0.25) is 15.9 Å². The third-order valence-electron chi connectivity index (χ3n) is 4.11. The zero-order chi connectivity index (χ0) is 19.5. The zero-order valence-corrected chi connectivity index (χ0v) is 17.3. The molecule has 140 valence electrons. The van der Waals surface area contributed by atoms with Crippen molar-refractivity contribution < 1.29 is 13.2 Å². The molecule has 0 spiro atoms. The quantitative estimate of drug-likeness (QED) is 0.763. The molecule has 5 nitrogen and oxygen atoms in total. The molecular formula is C19H24N2O3S2. The van der Waals surface area contributed by atoms with Gasteiger partial charge in [0.25, 0.3) is 0 Å². The molecule has 0 saturated carbocycles. The van der Waals surface area contributed by atoms with Gasteiger partial charge in [-0.2, -0.15) is 0 Å². The van der Waals surface area contributed by atoms with Crippen LogP contribution in [0, 0.1) is 20.8 Å². The Balaban J connectivity index is 2.10. The predicted molar refractivity (Wildman–Crippen MR) is 107 cm³/mol.